The third kappa shape index (κ3) is 4.41. The molecule has 12 heteroatoms. The summed E-state index contributed by atoms with van der Waals surface area (Å²) in [6.45, 7) is -0.211. The monoisotopic (exact) mass is 461 g/mol. The number of nitrogens with one attached hydrogen (secondary N) is 4. The molecule has 33 heavy (non-hydrogen) atoms. The van der Waals surface area contributed by atoms with Crippen LogP contribution in [0.2, 0.25) is 0 Å². The molecule has 2 aromatic rings. The second-order valence-corrected chi connectivity index (χ2v) is 7.69. The van der Waals surface area contributed by atoms with Crippen molar-refractivity contribution in [3.8, 4) is 0 Å². The maximum Gasteiger partial charge on any atom is 0.405 e. The highest BCUT2D eigenvalue weighted by molar-refractivity contribution is 6.08. The Hall–Kier alpha value is -3.83. The quantitative estimate of drug-likeness (QED) is 0.511. The molecule has 3 amide bonds. The zero-order valence-corrected chi connectivity index (χ0v) is 17.7. The summed E-state index contributed by atoms with van der Waals surface area (Å²) >= 11 is 0. The topological polar surface area (TPSA) is 113 Å². The zero-order chi connectivity index (χ0) is 23.8. The fourth-order valence-electron chi connectivity index (χ4n) is 4.09. The normalized spacial score (nSPS) is 16.8. The number of urea groups is 1. The van der Waals surface area contributed by atoms with Gasteiger partial charge in [0.25, 0.3) is 5.91 Å². The number of aromatic nitrogens is 1. The van der Waals surface area contributed by atoms with Gasteiger partial charge >= 0.3 is 12.2 Å². The van der Waals surface area contributed by atoms with E-state index in [1.807, 2.05) is 4.90 Å². The van der Waals surface area contributed by atoms with Crippen LogP contribution in [0, 0.1) is 5.41 Å². The van der Waals surface area contributed by atoms with Crippen LogP contribution in [0.1, 0.15) is 22.5 Å². The first-order valence-corrected chi connectivity index (χ1v) is 10.2. The largest absolute Gasteiger partial charge is 0.405 e. The van der Waals surface area contributed by atoms with E-state index >= 15 is 0 Å². The minimum absolute atomic E-state index is 0.210. The smallest absolute Gasteiger partial charge is 0.388 e. The summed E-state index contributed by atoms with van der Waals surface area (Å²) in [5, 5.41) is 15.3. The fourth-order valence-corrected chi connectivity index (χ4v) is 4.09. The molecule has 0 spiro atoms. The van der Waals surface area contributed by atoms with Crippen LogP contribution in [0.3, 0.4) is 0 Å². The molecule has 1 saturated heterocycles. The highest BCUT2D eigenvalue weighted by atomic mass is 19.4. The first-order valence-electron chi connectivity index (χ1n) is 10.2. The van der Waals surface area contributed by atoms with Crippen molar-refractivity contribution in [3.05, 3.63) is 41.6 Å². The lowest BCUT2D eigenvalue weighted by molar-refractivity contribution is -0.123. The number of anilines is 4. The molecule has 9 nitrogen and oxygen atoms in total. The number of benzene rings is 1. The van der Waals surface area contributed by atoms with Gasteiger partial charge in [-0.3, -0.25) is 9.69 Å². The van der Waals surface area contributed by atoms with Gasteiger partial charge in [-0.05, 0) is 30.7 Å². The molecule has 1 aromatic carbocycles. The Kier molecular flexibility index (Phi) is 5.83. The molecule has 3 heterocycles. The molecule has 1 unspecified atom stereocenters. The molecular weight excluding hydrogens is 439 g/mol. The number of halogens is 3. The van der Waals surface area contributed by atoms with E-state index < -0.39 is 24.7 Å². The van der Waals surface area contributed by atoms with Gasteiger partial charge in [-0.15, -0.1) is 0 Å². The number of alkyl halides is 3. The Balaban J connectivity index is 1.65. The SMILES string of the molecule is CNc1cccc(NC(=O)N2c3nc(C(=O)NCC(F)(F)F)ccc3N3CCC2C3)c1C=N. The van der Waals surface area contributed by atoms with Gasteiger partial charge in [0.05, 0.1) is 17.4 Å². The molecule has 0 radical (unpaired) electrons. The van der Waals surface area contributed by atoms with Gasteiger partial charge in [0, 0.05) is 37.6 Å². The molecule has 174 valence electrons. The lowest BCUT2D eigenvalue weighted by Gasteiger charge is -2.36. The van der Waals surface area contributed by atoms with E-state index in [1.165, 1.54) is 11.0 Å². The average molecular weight is 461 g/mol. The van der Waals surface area contributed by atoms with Gasteiger partial charge in [-0.25, -0.2) is 9.78 Å². The van der Waals surface area contributed by atoms with E-state index in [0.29, 0.717) is 42.1 Å². The predicted molar refractivity (Wildman–Crippen MR) is 119 cm³/mol. The third-order valence-corrected chi connectivity index (χ3v) is 5.61. The maximum absolute atomic E-state index is 13.3. The van der Waals surface area contributed by atoms with Crippen molar-refractivity contribution in [2.75, 3.05) is 47.1 Å². The first kappa shape index (κ1) is 22.4. The van der Waals surface area contributed by atoms with Gasteiger partial charge in [-0.2, -0.15) is 13.2 Å². The van der Waals surface area contributed by atoms with Crippen molar-refractivity contribution in [2.24, 2.45) is 0 Å². The Morgan fingerprint density at radius 1 is 1.24 bits per heavy atom. The number of fused-ring (bicyclic) bond motifs is 4. The van der Waals surface area contributed by atoms with E-state index in [4.69, 9.17) is 5.41 Å². The third-order valence-electron chi connectivity index (χ3n) is 5.61. The van der Waals surface area contributed by atoms with E-state index in [1.54, 1.807) is 36.6 Å². The van der Waals surface area contributed by atoms with Crippen molar-refractivity contribution in [3.63, 3.8) is 0 Å². The van der Waals surface area contributed by atoms with Crippen LogP contribution in [0.15, 0.2) is 30.3 Å². The van der Waals surface area contributed by atoms with Gasteiger partial charge in [0.1, 0.15) is 12.2 Å². The van der Waals surface area contributed by atoms with Gasteiger partial charge in [0.2, 0.25) is 0 Å². The summed E-state index contributed by atoms with van der Waals surface area (Å²) in [5.41, 5.74) is 1.99. The zero-order valence-electron chi connectivity index (χ0n) is 17.7. The lowest BCUT2D eigenvalue weighted by Crippen LogP contribution is -2.48. The minimum Gasteiger partial charge on any atom is -0.388 e. The second kappa shape index (κ2) is 8.60. The summed E-state index contributed by atoms with van der Waals surface area (Å²) in [5.74, 6) is -0.765. The molecular formula is C21H22F3N7O2. The standard InChI is InChI=1S/C21H22F3N7O2/c1-26-14-3-2-4-15(13(14)9-25)29-20(33)31-12-7-8-30(10-12)17-6-5-16(28-18(17)31)19(32)27-11-21(22,23)24/h2-6,9,12,25-26H,7-8,10-11H2,1H3,(H,27,32)(H,29,33). The van der Waals surface area contributed by atoms with E-state index in [0.717, 1.165) is 6.21 Å². The molecule has 2 aliphatic rings. The van der Waals surface area contributed by atoms with Crippen molar-refractivity contribution < 1.29 is 22.8 Å². The number of carbonyl (C=O) groups excluding carboxylic acids is 2. The van der Waals surface area contributed by atoms with Crippen LogP contribution in [0.4, 0.5) is 40.8 Å². The molecule has 1 atom stereocenters. The summed E-state index contributed by atoms with van der Waals surface area (Å²) < 4.78 is 37.4. The number of carbonyl (C=O) groups is 2. The highest BCUT2D eigenvalue weighted by Crippen LogP contribution is 2.39. The summed E-state index contributed by atoms with van der Waals surface area (Å²) in [7, 11) is 1.71. The molecule has 4 N–H and O–H groups in total. The Morgan fingerprint density at radius 3 is 2.70 bits per heavy atom. The fraction of sp³-hybridized carbons (Fsp3) is 0.333. The summed E-state index contributed by atoms with van der Waals surface area (Å²) in [6.07, 6.45) is -2.74. The van der Waals surface area contributed by atoms with Crippen LogP contribution in [0.5, 0.6) is 0 Å². The van der Waals surface area contributed by atoms with E-state index in [9.17, 15) is 22.8 Å². The Morgan fingerprint density at radius 2 is 2.00 bits per heavy atom. The first-order chi connectivity index (χ1) is 15.7. The molecule has 2 bridgehead atoms. The van der Waals surface area contributed by atoms with Gasteiger partial charge in [-0.1, -0.05) is 6.07 Å². The van der Waals surface area contributed by atoms with Crippen LogP contribution < -0.4 is 25.8 Å². The van der Waals surface area contributed by atoms with Gasteiger partial charge < -0.3 is 26.3 Å². The Bertz CT molecular complexity index is 1110. The number of rotatable bonds is 5. The van der Waals surface area contributed by atoms with E-state index in [-0.39, 0.29) is 17.6 Å². The van der Waals surface area contributed by atoms with Gasteiger partial charge in [0.15, 0.2) is 5.82 Å². The second-order valence-electron chi connectivity index (χ2n) is 7.69. The van der Waals surface area contributed by atoms with E-state index in [2.05, 4.69) is 15.6 Å². The van der Waals surface area contributed by atoms with Crippen molar-refractivity contribution in [1.29, 1.82) is 5.41 Å². The number of pyridine rings is 1. The van der Waals surface area contributed by atoms with Crippen LogP contribution in [0.25, 0.3) is 0 Å². The summed E-state index contributed by atoms with van der Waals surface area (Å²) in [4.78, 5) is 33.3. The van der Waals surface area contributed by atoms with Crippen LogP contribution >= 0.6 is 0 Å². The number of hydrogen-bond acceptors (Lipinski definition) is 6. The molecule has 0 saturated carbocycles. The molecule has 4 rings (SSSR count). The predicted octanol–water partition coefficient (Wildman–Crippen LogP) is 3.04. The molecule has 1 aromatic heterocycles. The lowest BCUT2D eigenvalue weighted by atomic mass is 10.1. The molecule has 0 aliphatic carbocycles. The number of nitrogens with zero attached hydrogens (tertiary/aromatic N) is 3. The molecule has 1 fully saturated rings. The van der Waals surface area contributed by atoms with Crippen molar-refractivity contribution >= 4 is 41.0 Å². The number of amides is 3. The average Bonchev–Trinajstić information content (AvgIpc) is 3.20. The number of hydrogen-bond donors (Lipinski definition) is 4. The maximum atomic E-state index is 13.3. The van der Waals surface area contributed by atoms with Crippen molar-refractivity contribution in [1.82, 2.24) is 10.3 Å². The summed E-state index contributed by atoms with van der Waals surface area (Å²) in [6, 6.07) is 7.40. The molecule has 2 aliphatic heterocycles. The van der Waals surface area contributed by atoms with Crippen molar-refractivity contribution in [2.45, 2.75) is 18.6 Å². The van der Waals surface area contributed by atoms with Crippen LogP contribution in [-0.4, -0.2) is 62.0 Å². The minimum atomic E-state index is -4.55. The Labute approximate surface area is 187 Å². The highest BCUT2D eigenvalue weighted by Gasteiger charge is 2.41. The van der Waals surface area contributed by atoms with Crippen LogP contribution in [-0.2, 0) is 0 Å².